The molecule has 0 amide bonds. The number of aliphatic hydroxyl groups excluding tert-OH is 1. The summed E-state index contributed by atoms with van der Waals surface area (Å²) >= 11 is 0. The predicted octanol–water partition coefficient (Wildman–Crippen LogP) is 2.64. The number of aromatic nitrogens is 7. The molecule has 0 fully saturated rings. The number of aryl methyl sites for hydroxylation is 2. The highest BCUT2D eigenvalue weighted by atomic mass is 16.5. The van der Waals surface area contributed by atoms with Crippen molar-refractivity contribution in [3.8, 4) is 23.0 Å². The highest BCUT2D eigenvalue weighted by Crippen LogP contribution is 2.34. The maximum Gasteiger partial charge on any atom is 0.240 e. The Labute approximate surface area is 209 Å². The standard InChI is InChI=1S/C25H32N8O3/c1-6-35-24-17-7-8-19-18-11-20(26-12-21(18)28-27-19)23-16(3)29-32(5)25(23)36-14-15(2)31(4)13-22(17)33(30-24)9-10-34/h7-8,11-12,15,34H,6,9-10,13-14H2,1-5H3,(H,27,28)/b8-7+/t15-/m0/s1. The molecule has 2 bridgehead atoms. The van der Waals surface area contributed by atoms with E-state index in [1.807, 2.05) is 50.8 Å². The van der Waals surface area contributed by atoms with Crippen molar-refractivity contribution in [1.29, 1.82) is 0 Å². The largest absolute Gasteiger partial charge is 0.476 e. The molecule has 0 aromatic carbocycles. The summed E-state index contributed by atoms with van der Waals surface area (Å²) in [5.74, 6) is 1.22. The molecule has 1 atom stereocenters. The van der Waals surface area contributed by atoms with Crippen LogP contribution in [0.15, 0.2) is 12.3 Å². The van der Waals surface area contributed by atoms with Crippen LogP contribution < -0.4 is 9.47 Å². The molecule has 0 saturated carbocycles. The molecular weight excluding hydrogens is 460 g/mol. The smallest absolute Gasteiger partial charge is 0.240 e. The second kappa shape index (κ2) is 9.75. The second-order valence-corrected chi connectivity index (χ2v) is 9.07. The Morgan fingerprint density at radius 1 is 1.25 bits per heavy atom. The average molecular weight is 493 g/mol. The van der Waals surface area contributed by atoms with Crippen LogP contribution in [0.2, 0.25) is 0 Å². The fourth-order valence-electron chi connectivity index (χ4n) is 4.52. The van der Waals surface area contributed by atoms with Crippen LogP contribution in [-0.4, -0.2) is 77.7 Å². The number of H-pyrrole nitrogens is 1. The molecule has 36 heavy (non-hydrogen) atoms. The van der Waals surface area contributed by atoms with Gasteiger partial charge in [-0.05, 0) is 46.0 Å². The molecule has 0 radical (unpaired) electrons. The van der Waals surface area contributed by atoms with E-state index in [2.05, 4.69) is 37.2 Å². The van der Waals surface area contributed by atoms with Crippen LogP contribution in [-0.2, 0) is 20.1 Å². The molecule has 4 aromatic rings. The van der Waals surface area contributed by atoms with Gasteiger partial charge < -0.3 is 14.6 Å². The van der Waals surface area contributed by atoms with E-state index >= 15 is 0 Å². The molecular formula is C25H32N8O3. The van der Waals surface area contributed by atoms with E-state index in [9.17, 15) is 5.11 Å². The van der Waals surface area contributed by atoms with E-state index in [4.69, 9.17) is 9.47 Å². The molecule has 1 aliphatic rings. The van der Waals surface area contributed by atoms with E-state index in [-0.39, 0.29) is 12.6 Å². The zero-order chi connectivity index (χ0) is 25.4. The highest BCUT2D eigenvalue weighted by molar-refractivity contribution is 5.92. The third-order valence-electron chi connectivity index (χ3n) is 6.58. The predicted molar refractivity (Wildman–Crippen MR) is 137 cm³/mol. The van der Waals surface area contributed by atoms with E-state index in [1.165, 1.54) is 0 Å². The molecule has 0 saturated heterocycles. The molecule has 2 N–H and O–H groups in total. The summed E-state index contributed by atoms with van der Waals surface area (Å²) < 4.78 is 15.8. The Hall–Kier alpha value is -3.70. The SMILES string of the molecule is CCOc1nn(CCO)c2c1/C=C/c1n[nH]c3cnc(cc13)-c1c(C)nn(C)c1OC[C@H](C)N(C)C2. The highest BCUT2D eigenvalue weighted by Gasteiger charge is 2.24. The maximum atomic E-state index is 9.68. The molecule has 0 spiro atoms. The minimum absolute atomic E-state index is 0.0197. The van der Waals surface area contributed by atoms with Gasteiger partial charge >= 0.3 is 0 Å². The summed E-state index contributed by atoms with van der Waals surface area (Å²) in [5.41, 5.74) is 5.94. The van der Waals surface area contributed by atoms with E-state index < -0.39 is 0 Å². The Balaban J connectivity index is 1.70. The fraction of sp³-hybridized carbons (Fsp3) is 0.440. The zero-order valence-electron chi connectivity index (χ0n) is 21.3. The number of likely N-dealkylation sites (N-methyl/N-ethyl adjacent to an activating group) is 1. The number of fused-ring (bicyclic) bond motifs is 4. The number of hydrogen-bond donors (Lipinski definition) is 2. The lowest BCUT2D eigenvalue weighted by molar-refractivity contribution is 0.156. The summed E-state index contributed by atoms with van der Waals surface area (Å²) in [6, 6.07) is 2.10. The summed E-state index contributed by atoms with van der Waals surface area (Å²) in [6.45, 7) is 7.91. The van der Waals surface area contributed by atoms with Gasteiger partial charge in [0.1, 0.15) is 6.61 Å². The molecule has 0 aliphatic carbocycles. The average Bonchev–Trinajstić information content (AvgIpc) is 3.49. The molecule has 11 nitrogen and oxygen atoms in total. The van der Waals surface area contributed by atoms with Crippen LogP contribution in [0.1, 0.15) is 36.5 Å². The molecule has 11 heteroatoms. The second-order valence-electron chi connectivity index (χ2n) is 9.07. The van der Waals surface area contributed by atoms with E-state index in [0.717, 1.165) is 44.8 Å². The first-order chi connectivity index (χ1) is 17.4. The molecule has 190 valence electrons. The number of rotatable bonds is 4. The van der Waals surface area contributed by atoms with Crippen molar-refractivity contribution >= 4 is 23.1 Å². The number of hydrogen-bond acceptors (Lipinski definition) is 8. The van der Waals surface area contributed by atoms with Crippen molar-refractivity contribution in [1.82, 2.24) is 39.6 Å². The Kier molecular flexibility index (Phi) is 6.50. The van der Waals surface area contributed by atoms with Crippen molar-refractivity contribution in [2.24, 2.45) is 7.05 Å². The van der Waals surface area contributed by atoms with Gasteiger partial charge in [-0.1, -0.05) is 0 Å². The topological polar surface area (TPSA) is 119 Å². The van der Waals surface area contributed by atoms with Gasteiger partial charge in [-0.25, -0.2) is 4.68 Å². The van der Waals surface area contributed by atoms with Crippen LogP contribution in [0.25, 0.3) is 34.3 Å². The zero-order valence-corrected chi connectivity index (χ0v) is 21.3. The lowest BCUT2D eigenvalue weighted by Gasteiger charge is -2.25. The number of nitrogens with one attached hydrogen (secondary N) is 1. The van der Waals surface area contributed by atoms with E-state index in [1.54, 1.807) is 10.9 Å². The first kappa shape index (κ1) is 24.0. The van der Waals surface area contributed by atoms with Gasteiger partial charge in [-0.3, -0.25) is 19.7 Å². The van der Waals surface area contributed by atoms with Crippen LogP contribution in [0.4, 0.5) is 0 Å². The monoisotopic (exact) mass is 492 g/mol. The first-order valence-electron chi connectivity index (χ1n) is 12.1. The van der Waals surface area contributed by atoms with Crippen molar-refractivity contribution < 1.29 is 14.6 Å². The van der Waals surface area contributed by atoms with Crippen molar-refractivity contribution in [2.75, 3.05) is 26.9 Å². The third-order valence-corrected chi connectivity index (χ3v) is 6.58. The van der Waals surface area contributed by atoms with Gasteiger partial charge in [0.15, 0.2) is 0 Å². The number of nitrogens with zero attached hydrogens (tertiary/aromatic N) is 7. The van der Waals surface area contributed by atoms with Crippen LogP contribution in [0, 0.1) is 6.92 Å². The summed E-state index contributed by atoms with van der Waals surface area (Å²) in [4.78, 5) is 6.88. The molecule has 0 unspecified atom stereocenters. The van der Waals surface area contributed by atoms with Gasteiger partial charge in [-0.15, -0.1) is 5.10 Å². The van der Waals surface area contributed by atoms with Gasteiger partial charge in [0.25, 0.3) is 0 Å². The summed E-state index contributed by atoms with van der Waals surface area (Å²) in [6.07, 6.45) is 5.74. The quantitative estimate of drug-likeness (QED) is 0.446. The van der Waals surface area contributed by atoms with Gasteiger partial charge in [-0.2, -0.15) is 10.2 Å². The van der Waals surface area contributed by atoms with Gasteiger partial charge in [0, 0.05) is 25.0 Å². The number of ether oxygens (including phenoxy) is 2. The van der Waals surface area contributed by atoms with Crippen molar-refractivity contribution in [3.63, 3.8) is 0 Å². The Morgan fingerprint density at radius 2 is 2.08 bits per heavy atom. The van der Waals surface area contributed by atoms with Crippen LogP contribution in [0.3, 0.4) is 0 Å². The number of aromatic amines is 1. The van der Waals surface area contributed by atoms with Crippen molar-refractivity contribution in [3.05, 3.63) is 34.9 Å². The fourth-order valence-corrected chi connectivity index (χ4v) is 4.52. The molecule has 4 aromatic heterocycles. The number of aliphatic hydroxyl groups is 1. The van der Waals surface area contributed by atoms with Crippen molar-refractivity contribution in [2.45, 2.75) is 39.9 Å². The number of pyridine rings is 1. The van der Waals surface area contributed by atoms with E-state index in [0.29, 0.717) is 38.1 Å². The summed E-state index contributed by atoms with van der Waals surface area (Å²) in [5, 5.41) is 27.5. The summed E-state index contributed by atoms with van der Waals surface area (Å²) in [7, 11) is 3.93. The minimum Gasteiger partial charge on any atom is -0.476 e. The molecule has 1 aliphatic heterocycles. The maximum absolute atomic E-state index is 9.68. The lowest BCUT2D eigenvalue weighted by atomic mass is 10.1. The normalized spacial score (nSPS) is 17.3. The molecule has 5 heterocycles. The molecule has 5 rings (SSSR count). The van der Waals surface area contributed by atoms with Gasteiger partial charge in [0.05, 0.1) is 65.4 Å². The minimum atomic E-state index is -0.0197. The van der Waals surface area contributed by atoms with Crippen LogP contribution in [0.5, 0.6) is 11.8 Å². The van der Waals surface area contributed by atoms with Gasteiger partial charge in [0.2, 0.25) is 11.8 Å². The third kappa shape index (κ3) is 4.24. The Bertz CT molecular complexity index is 1420. The van der Waals surface area contributed by atoms with Crippen LogP contribution >= 0.6 is 0 Å². The lowest BCUT2D eigenvalue weighted by Crippen LogP contribution is -2.35. The first-order valence-corrected chi connectivity index (χ1v) is 12.1. The Morgan fingerprint density at radius 3 is 2.86 bits per heavy atom.